The standard InChI is InChI=1S/C22H29N3O4S/c1-16(2)25-30(28,29)15-19-10-6-5-9-18(19)14-24-21(26)12-13-23-22(27)20-11-7-4-8-17(20)3/h4-11,16,25H,12-15H2,1-3H3,(H,23,27)(H,24,26). The summed E-state index contributed by atoms with van der Waals surface area (Å²) < 4.78 is 27.0. The first-order chi connectivity index (χ1) is 14.2. The Balaban J connectivity index is 1.85. The van der Waals surface area contributed by atoms with Crippen LogP contribution < -0.4 is 15.4 Å². The summed E-state index contributed by atoms with van der Waals surface area (Å²) in [7, 11) is -3.46. The van der Waals surface area contributed by atoms with Crippen LogP contribution in [0.4, 0.5) is 0 Å². The van der Waals surface area contributed by atoms with E-state index < -0.39 is 10.0 Å². The predicted molar refractivity (Wildman–Crippen MR) is 117 cm³/mol. The molecule has 8 heteroatoms. The van der Waals surface area contributed by atoms with E-state index in [1.54, 1.807) is 50.2 Å². The quantitative estimate of drug-likeness (QED) is 0.537. The zero-order chi connectivity index (χ0) is 22.1. The third-order valence-electron chi connectivity index (χ3n) is 4.38. The molecule has 162 valence electrons. The Hall–Kier alpha value is -2.71. The SMILES string of the molecule is Cc1ccccc1C(=O)NCCC(=O)NCc1ccccc1CS(=O)(=O)NC(C)C. The maximum Gasteiger partial charge on any atom is 0.251 e. The van der Waals surface area contributed by atoms with Gasteiger partial charge in [-0.3, -0.25) is 9.59 Å². The molecule has 0 aliphatic rings. The Morgan fingerprint density at radius 1 is 0.933 bits per heavy atom. The van der Waals surface area contributed by atoms with Crippen molar-refractivity contribution in [3.63, 3.8) is 0 Å². The van der Waals surface area contributed by atoms with Crippen LogP contribution in [-0.4, -0.2) is 32.8 Å². The van der Waals surface area contributed by atoms with E-state index in [0.29, 0.717) is 11.1 Å². The second kappa shape index (κ2) is 10.9. The molecule has 0 spiro atoms. The molecule has 0 aliphatic heterocycles. The molecule has 7 nitrogen and oxygen atoms in total. The molecule has 2 amide bonds. The van der Waals surface area contributed by atoms with Crippen LogP contribution in [0.3, 0.4) is 0 Å². The van der Waals surface area contributed by atoms with Crippen LogP contribution in [0.2, 0.25) is 0 Å². The summed E-state index contributed by atoms with van der Waals surface area (Å²) in [5.74, 6) is -0.587. The molecule has 0 fully saturated rings. The summed E-state index contributed by atoms with van der Waals surface area (Å²) in [6.07, 6.45) is 0.132. The van der Waals surface area contributed by atoms with Crippen molar-refractivity contribution in [1.29, 1.82) is 0 Å². The van der Waals surface area contributed by atoms with Crippen LogP contribution in [0, 0.1) is 6.92 Å². The summed E-state index contributed by atoms with van der Waals surface area (Å²) in [6, 6.07) is 14.2. The summed E-state index contributed by atoms with van der Waals surface area (Å²) in [5.41, 5.74) is 2.84. The number of carbonyl (C=O) groups is 2. The van der Waals surface area contributed by atoms with E-state index in [0.717, 1.165) is 11.1 Å². The van der Waals surface area contributed by atoms with Crippen molar-refractivity contribution in [2.75, 3.05) is 6.54 Å². The molecule has 3 N–H and O–H groups in total. The molecule has 0 bridgehead atoms. The highest BCUT2D eigenvalue weighted by atomic mass is 32.2. The third kappa shape index (κ3) is 7.61. The van der Waals surface area contributed by atoms with Gasteiger partial charge in [0.05, 0.1) is 5.75 Å². The lowest BCUT2D eigenvalue weighted by Crippen LogP contribution is -2.32. The minimum absolute atomic E-state index is 0.132. The molecule has 2 aromatic rings. The second-order valence-corrected chi connectivity index (χ2v) is 9.15. The zero-order valence-electron chi connectivity index (χ0n) is 17.6. The summed E-state index contributed by atoms with van der Waals surface area (Å²) in [6.45, 7) is 5.82. The van der Waals surface area contributed by atoms with Crippen LogP contribution >= 0.6 is 0 Å². The lowest BCUT2D eigenvalue weighted by atomic mass is 10.1. The highest BCUT2D eigenvalue weighted by molar-refractivity contribution is 7.88. The predicted octanol–water partition coefficient (Wildman–Crippen LogP) is 2.26. The van der Waals surface area contributed by atoms with Gasteiger partial charge in [-0.05, 0) is 43.5 Å². The van der Waals surface area contributed by atoms with Gasteiger partial charge < -0.3 is 10.6 Å². The van der Waals surface area contributed by atoms with Crippen molar-refractivity contribution in [2.24, 2.45) is 0 Å². The van der Waals surface area contributed by atoms with Gasteiger partial charge in [0.25, 0.3) is 5.91 Å². The Bertz CT molecular complexity index is 987. The summed E-state index contributed by atoms with van der Waals surface area (Å²) >= 11 is 0. The fourth-order valence-corrected chi connectivity index (χ4v) is 4.46. The van der Waals surface area contributed by atoms with Crippen molar-refractivity contribution >= 4 is 21.8 Å². The normalized spacial score (nSPS) is 11.3. The Morgan fingerprint density at radius 2 is 1.57 bits per heavy atom. The number of rotatable bonds is 10. The molecular formula is C22H29N3O4S. The molecule has 0 unspecified atom stereocenters. The van der Waals surface area contributed by atoms with Crippen molar-refractivity contribution in [1.82, 2.24) is 15.4 Å². The largest absolute Gasteiger partial charge is 0.352 e. The number of amides is 2. The van der Waals surface area contributed by atoms with E-state index in [4.69, 9.17) is 0 Å². The minimum atomic E-state index is -3.46. The van der Waals surface area contributed by atoms with E-state index in [2.05, 4.69) is 15.4 Å². The van der Waals surface area contributed by atoms with Crippen molar-refractivity contribution in [3.8, 4) is 0 Å². The summed E-state index contributed by atoms with van der Waals surface area (Å²) in [5, 5.41) is 5.53. The van der Waals surface area contributed by atoms with Gasteiger partial charge in [0.1, 0.15) is 0 Å². The molecule has 0 aliphatic carbocycles. The van der Waals surface area contributed by atoms with E-state index in [9.17, 15) is 18.0 Å². The van der Waals surface area contributed by atoms with Crippen LogP contribution in [0.25, 0.3) is 0 Å². The van der Waals surface area contributed by atoms with Crippen LogP contribution in [-0.2, 0) is 27.1 Å². The van der Waals surface area contributed by atoms with E-state index in [1.807, 2.05) is 19.1 Å². The van der Waals surface area contributed by atoms with Gasteiger partial charge in [0, 0.05) is 31.1 Å². The third-order valence-corrected chi connectivity index (χ3v) is 5.90. The number of hydrogen-bond donors (Lipinski definition) is 3. The van der Waals surface area contributed by atoms with Crippen LogP contribution in [0.15, 0.2) is 48.5 Å². The van der Waals surface area contributed by atoms with E-state index in [-0.39, 0.29) is 43.1 Å². The van der Waals surface area contributed by atoms with Crippen LogP contribution in [0.5, 0.6) is 0 Å². The van der Waals surface area contributed by atoms with Gasteiger partial charge in [-0.1, -0.05) is 42.5 Å². The number of aryl methyl sites for hydroxylation is 1. The van der Waals surface area contributed by atoms with E-state index in [1.165, 1.54) is 0 Å². The first kappa shape index (κ1) is 23.6. The van der Waals surface area contributed by atoms with Gasteiger partial charge in [0.15, 0.2) is 0 Å². The van der Waals surface area contributed by atoms with Gasteiger partial charge in [-0.25, -0.2) is 13.1 Å². The molecule has 30 heavy (non-hydrogen) atoms. The van der Waals surface area contributed by atoms with Gasteiger partial charge in [-0.15, -0.1) is 0 Å². The molecule has 0 saturated heterocycles. The molecular weight excluding hydrogens is 402 g/mol. The van der Waals surface area contributed by atoms with Crippen LogP contribution in [0.1, 0.15) is 47.3 Å². The van der Waals surface area contributed by atoms with Crippen molar-refractivity contribution in [2.45, 2.75) is 45.5 Å². The second-order valence-electron chi connectivity index (χ2n) is 7.40. The fourth-order valence-electron chi connectivity index (χ4n) is 2.97. The summed E-state index contributed by atoms with van der Waals surface area (Å²) in [4.78, 5) is 24.3. The van der Waals surface area contributed by atoms with Crippen molar-refractivity contribution in [3.05, 3.63) is 70.8 Å². The number of sulfonamides is 1. The maximum atomic E-state index is 12.2. The minimum Gasteiger partial charge on any atom is -0.352 e. The number of nitrogens with one attached hydrogen (secondary N) is 3. The number of hydrogen-bond acceptors (Lipinski definition) is 4. The van der Waals surface area contributed by atoms with Gasteiger partial charge >= 0.3 is 0 Å². The van der Waals surface area contributed by atoms with Gasteiger partial charge in [0.2, 0.25) is 15.9 Å². The monoisotopic (exact) mass is 431 g/mol. The topological polar surface area (TPSA) is 104 Å². The highest BCUT2D eigenvalue weighted by Crippen LogP contribution is 2.12. The fraction of sp³-hybridized carbons (Fsp3) is 0.364. The van der Waals surface area contributed by atoms with Gasteiger partial charge in [-0.2, -0.15) is 0 Å². The molecule has 0 radical (unpaired) electrons. The lowest BCUT2D eigenvalue weighted by Gasteiger charge is -2.13. The Morgan fingerprint density at radius 3 is 2.23 bits per heavy atom. The Labute approximate surface area is 178 Å². The average Bonchev–Trinajstić information content (AvgIpc) is 2.66. The maximum absolute atomic E-state index is 12.2. The first-order valence-electron chi connectivity index (χ1n) is 9.85. The smallest absolute Gasteiger partial charge is 0.251 e. The zero-order valence-corrected chi connectivity index (χ0v) is 18.4. The average molecular weight is 432 g/mol. The lowest BCUT2D eigenvalue weighted by molar-refractivity contribution is -0.121. The molecule has 0 aromatic heterocycles. The highest BCUT2D eigenvalue weighted by Gasteiger charge is 2.15. The molecule has 0 atom stereocenters. The first-order valence-corrected chi connectivity index (χ1v) is 11.5. The number of carbonyl (C=O) groups excluding carboxylic acids is 2. The molecule has 0 heterocycles. The molecule has 2 rings (SSSR count). The van der Waals surface area contributed by atoms with E-state index >= 15 is 0 Å². The Kier molecular flexibility index (Phi) is 8.56. The number of benzene rings is 2. The molecule has 0 saturated carbocycles. The van der Waals surface area contributed by atoms with Crippen molar-refractivity contribution < 1.29 is 18.0 Å². The molecule has 2 aromatic carbocycles.